The van der Waals surface area contributed by atoms with Gasteiger partial charge in [-0.1, -0.05) is 12.6 Å². The summed E-state index contributed by atoms with van der Waals surface area (Å²) in [4.78, 5) is 3.88. The fraction of sp³-hybridized carbons (Fsp3) is 0.500. The molecular weight excluding hydrogens is 122 g/mol. The predicted octanol–water partition coefficient (Wildman–Crippen LogP) is 0.513. The van der Waals surface area contributed by atoms with Crippen LogP contribution >= 0.6 is 12.6 Å². The van der Waals surface area contributed by atoms with Crippen LogP contribution in [0.3, 0.4) is 0 Å². The molecule has 8 heavy (non-hydrogen) atoms. The summed E-state index contributed by atoms with van der Waals surface area (Å²) in [6.07, 6.45) is 1.64. The molecule has 0 aliphatic carbocycles. The molecule has 0 amide bonds. The maximum atomic E-state index is 4.69. The van der Waals surface area contributed by atoms with E-state index in [1.807, 2.05) is 7.05 Å². The van der Waals surface area contributed by atoms with Gasteiger partial charge in [0, 0.05) is 7.05 Å². The molecule has 43 valence electrons. The summed E-state index contributed by atoms with van der Waals surface area (Å²) >= 11 is 4.69. The highest BCUT2D eigenvalue weighted by atomic mass is 32.1. The Hall–Kier alpha value is -0.510. The van der Waals surface area contributed by atoms with Crippen molar-refractivity contribution in [1.82, 2.24) is 14.8 Å². The Kier molecular flexibility index (Phi) is 1.53. The third-order valence-corrected chi connectivity index (χ3v) is 1.03. The lowest BCUT2D eigenvalue weighted by Gasteiger charge is -1.79. The Morgan fingerprint density at radius 3 is 2.88 bits per heavy atom. The molecule has 4 heteroatoms. The zero-order chi connectivity index (χ0) is 5.98. The van der Waals surface area contributed by atoms with E-state index in [4.69, 9.17) is 12.6 Å². The Morgan fingerprint density at radius 1 is 1.88 bits per heavy atom. The summed E-state index contributed by atoms with van der Waals surface area (Å²) < 4.78 is 1.64. The van der Waals surface area contributed by atoms with Gasteiger partial charge in [-0.25, -0.2) is 4.98 Å². The topological polar surface area (TPSA) is 30.7 Å². The fourth-order valence-corrected chi connectivity index (χ4v) is 0.582. The largest absolute Gasteiger partial charge is 0.256 e. The van der Waals surface area contributed by atoms with Crippen molar-refractivity contribution in [3.8, 4) is 0 Å². The highest BCUT2D eigenvalue weighted by molar-refractivity contribution is 7.79. The molecule has 0 saturated heterocycles. The zero-order valence-corrected chi connectivity index (χ0v) is 5.35. The standard InChI is InChI=1S/C4H6N3S/c1-7-3-5-4(2-8)6-7/h3H,2H2,1H3. The van der Waals surface area contributed by atoms with Crippen LogP contribution in [0.1, 0.15) is 5.82 Å². The lowest BCUT2D eigenvalue weighted by molar-refractivity contribution is 0.754. The molecule has 0 N–H and O–H groups in total. The van der Waals surface area contributed by atoms with E-state index >= 15 is 0 Å². The Morgan fingerprint density at radius 2 is 2.62 bits per heavy atom. The Labute approximate surface area is 53.1 Å². The van der Waals surface area contributed by atoms with Crippen molar-refractivity contribution < 1.29 is 0 Å². The van der Waals surface area contributed by atoms with E-state index in [0.29, 0.717) is 5.75 Å². The molecule has 0 spiro atoms. The lowest BCUT2D eigenvalue weighted by Crippen LogP contribution is -1.88. The van der Waals surface area contributed by atoms with Gasteiger partial charge in [-0.05, 0) is 0 Å². The second-order valence-corrected chi connectivity index (χ2v) is 1.77. The van der Waals surface area contributed by atoms with E-state index in [-0.39, 0.29) is 0 Å². The van der Waals surface area contributed by atoms with Crippen molar-refractivity contribution >= 4 is 12.6 Å². The number of hydrogen-bond donors (Lipinski definition) is 0. The number of nitrogens with zero attached hydrogens (tertiary/aromatic N) is 3. The summed E-state index contributed by atoms with van der Waals surface area (Å²) in [5, 5.41) is 3.93. The molecular formula is C4H6N3S. The van der Waals surface area contributed by atoms with Crippen LogP contribution in [0.5, 0.6) is 0 Å². The van der Waals surface area contributed by atoms with Gasteiger partial charge >= 0.3 is 0 Å². The first kappa shape index (κ1) is 5.62. The number of aryl methyl sites for hydroxylation is 1. The molecule has 1 aromatic rings. The first-order valence-electron chi connectivity index (χ1n) is 2.25. The van der Waals surface area contributed by atoms with Gasteiger partial charge in [0.05, 0.1) is 5.75 Å². The molecule has 0 saturated carbocycles. The minimum Gasteiger partial charge on any atom is -0.256 e. The van der Waals surface area contributed by atoms with Crippen LogP contribution in [0.2, 0.25) is 0 Å². The van der Waals surface area contributed by atoms with Gasteiger partial charge in [-0.2, -0.15) is 5.10 Å². The van der Waals surface area contributed by atoms with Gasteiger partial charge in [0.25, 0.3) is 0 Å². The first-order chi connectivity index (χ1) is 3.83. The van der Waals surface area contributed by atoms with E-state index in [1.54, 1.807) is 11.0 Å². The Balaban J connectivity index is 2.84. The van der Waals surface area contributed by atoms with Gasteiger partial charge in [0.15, 0.2) is 5.82 Å². The van der Waals surface area contributed by atoms with Crippen LogP contribution < -0.4 is 0 Å². The summed E-state index contributed by atoms with van der Waals surface area (Å²) in [6.45, 7) is 0. The summed E-state index contributed by atoms with van der Waals surface area (Å²) in [5.74, 6) is 1.23. The molecule has 1 rings (SSSR count). The quantitative estimate of drug-likeness (QED) is 0.551. The van der Waals surface area contributed by atoms with Crippen molar-refractivity contribution in [1.29, 1.82) is 0 Å². The third kappa shape index (κ3) is 1.01. The second-order valence-electron chi connectivity index (χ2n) is 1.48. The van der Waals surface area contributed by atoms with Crippen molar-refractivity contribution in [2.24, 2.45) is 7.05 Å². The summed E-state index contributed by atoms with van der Waals surface area (Å²) in [6, 6.07) is 0. The van der Waals surface area contributed by atoms with Crippen LogP contribution in [-0.4, -0.2) is 14.8 Å². The number of hydrogen-bond acceptors (Lipinski definition) is 2. The molecule has 0 aromatic carbocycles. The van der Waals surface area contributed by atoms with E-state index in [9.17, 15) is 0 Å². The minimum absolute atomic E-state index is 0.501. The summed E-state index contributed by atoms with van der Waals surface area (Å²) in [5.41, 5.74) is 0. The molecule has 1 aromatic heterocycles. The third-order valence-electron chi connectivity index (χ3n) is 0.776. The number of rotatable bonds is 1. The predicted molar refractivity (Wildman–Crippen MR) is 32.3 cm³/mol. The molecule has 1 heterocycles. The van der Waals surface area contributed by atoms with Crippen LogP contribution in [0.4, 0.5) is 0 Å². The first-order valence-corrected chi connectivity index (χ1v) is 2.83. The fourth-order valence-electron chi connectivity index (χ4n) is 0.450. The average molecular weight is 128 g/mol. The van der Waals surface area contributed by atoms with E-state index in [0.717, 1.165) is 5.82 Å². The van der Waals surface area contributed by atoms with Gasteiger partial charge in [0.2, 0.25) is 0 Å². The van der Waals surface area contributed by atoms with Gasteiger partial charge in [0.1, 0.15) is 6.33 Å². The molecule has 0 aliphatic rings. The maximum absolute atomic E-state index is 4.69. The monoisotopic (exact) mass is 128 g/mol. The molecule has 0 atom stereocenters. The molecule has 1 radical (unpaired) electrons. The SMILES string of the molecule is Cn1cnc(C[S])n1. The molecule has 3 nitrogen and oxygen atoms in total. The highest BCUT2D eigenvalue weighted by Crippen LogP contribution is 1.90. The van der Waals surface area contributed by atoms with Crippen LogP contribution in [0, 0.1) is 0 Å². The molecule has 0 unspecified atom stereocenters. The van der Waals surface area contributed by atoms with Gasteiger partial charge in [-0.15, -0.1) is 0 Å². The van der Waals surface area contributed by atoms with E-state index in [1.165, 1.54) is 0 Å². The highest BCUT2D eigenvalue weighted by Gasteiger charge is 1.91. The average Bonchev–Trinajstić information content (AvgIpc) is 2.14. The maximum Gasteiger partial charge on any atom is 0.161 e. The Bertz CT molecular complexity index is 172. The van der Waals surface area contributed by atoms with E-state index in [2.05, 4.69) is 10.1 Å². The van der Waals surface area contributed by atoms with Crippen LogP contribution in [0.15, 0.2) is 6.33 Å². The smallest absolute Gasteiger partial charge is 0.161 e. The number of aromatic nitrogens is 3. The summed E-state index contributed by atoms with van der Waals surface area (Å²) in [7, 11) is 1.82. The zero-order valence-electron chi connectivity index (χ0n) is 4.53. The van der Waals surface area contributed by atoms with Gasteiger partial charge in [-0.3, -0.25) is 4.68 Å². The van der Waals surface area contributed by atoms with Crippen LogP contribution in [-0.2, 0) is 12.8 Å². The molecule has 0 aliphatic heterocycles. The normalized spacial score (nSPS) is 9.75. The van der Waals surface area contributed by atoms with Gasteiger partial charge < -0.3 is 0 Å². The van der Waals surface area contributed by atoms with Crippen LogP contribution in [0.25, 0.3) is 0 Å². The van der Waals surface area contributed by atoms with Crippen molar-refractivity contribution in [3.63, 3.8) is 0 Å². The van der Waals surface area contributed by atoms with Crippen molar-refractivity contribution in [3.05, 3.63) is 12.2 Å². The second kappa shape index (κ2) is 2.17. The molecule has 0 bridgehead atoms. The lowest BCUT2D eigenvalue weighted by atomic mass is 10.7. The molecule has 0 fully saturated rings. The van der Waals surface area contributed by atoms with E-state index < -0.39 is 0 Å². The van der Waals surface area contributed by atoms with Crippen molar-refractivity contribution in [2.45, 2.75) is 5.75 Å². The minimum atomic E-state index is 0.501. The van der Waals surface area contributed by atoms with Crippen molar-refractivity contribution in [2.75, 3.05) is 0 Å².